The molecule has 0 aliphatic carbocycles. The Kier molecular flexibility index (Phi) is 6.53. The summed E-state index contributed by atoms with van der Waals surface area (Å²) < 4.78 is 2.42. The zero-order chi connectivity index (χ0) is 32.4. The van der Waals surface area contributed by atoms with Crippen LogP contribution in [0.2, 0.25) is 19.6 Å². The van der Waals surface area contributed by atoms with Crippen LogP contribution in [0.3, 0.4) is 0 Å². The molecular formula is C45H36N2Si. The first-order chi connectivity index (χ1) is 23.5. The van der Waals surface area contributed by atoms with Crippen LogP contribution in [0.25, 0.3) is 60.2 Å². The molecule has 1 aromatic heterocycles. The number of fused-ring (bicyclic) bond motifs is 1. The number of para-hydroxylation sites is 1. The monoisotopic (exact) mass is 632 g/mol. The molecule has 0 bridgehead atoms. The highest BCUT2D eigenvalue weighted by molar-refractivity contribution is 6.88. The van der Waals surface area contributed by atoms with Gasteiger partial charge in [0.15, 0.2) is 0 Å². The molecule has 0 saturated carbocycles. The number of rotatable bonds is 6. The van der Waals surface area contributed by atoms with Gasteiger partial charge in [-0.3, -0.25) is 0 Å². The SMILES string of the molecule is C[Si](C)(C)c1ccc(-c2ccc(N(c3cccc4ccccc34)c3ccc4c5c3ccc3cccc(c35)n4-c3ccccc3)cc2)cc1. The third-order valence-corrected chi connectivity index (χ3v) is 12.0. The quantitative estimate of drug-likeness (QED) is 0.131. The van der Waals surface area contributed by atoms with Crippen molar-refractivity contribution in [3.63, 3.8) is 0 Å². The molecule has 1 heterocycles. The zero-order valence-corrected chi connectivity index (χ0v) is 28.5. The Morgan fingerprint density at radius 1 is 0.438 bits per heavy atom. The van der Waals surface area contributed by atoms with Gasteiger partial charge in [0.1, 0.15) is 0 Å². The smallest absolute Gasteiger partial charge is 0.0775 e. The predicted molar refractivity (Wildman–Crippen MR) is 210 cm³/mol. The number of hydrogen-bond donors (Lipinski definition) is 0. The predicted octanol–water partition coefficient (Wildman–Crippen LogP) is 12.2. The number of benzene rings is 8. The van der Waals surface area contributed by atoms with E-state index in [1.807, 2.05) is 0 Å². The molecule has 0 N–H and O–H groups in total. The molecule has 0 atom stereocenters. The third kappa shape index (κ3) is 4.54. The van der Waals surface area contributed by atoms with E-state index in [9.17, 15) is 0 Å². The largest absolute Gasteiger partial charge is 0.309 e. The Bertz CT molecular complexity index is 2570. The molecule has 0 amide bonds. The molecule has 0 unspecified atom stereocenters. The highest BCUT2D eigenvalue weighted by atomic mass is 28.3. The van der Waals surface area contributed by atoms with Crippen LogP contribution in [-0.2, 0) is 0 Å². The van der Waals surface area contributed by atoms with E-state index in [1.165, 1.54) is 76.7 Å². The molecular weight excluding hydrogens is 597 g/mol. The first kappa shape index (κ1) is 28.6. The molecule has 0 spiro atoms. The molecule has 9 aromatic rings. The molecule has 0 saturated heterocycles. The van der Waals surface area contributed by atoms with E-state index >= 15 is 0 Å². The molecule has 8 aromatic carbocycles. The normalized spacial score (nSPS) is 12.1. The summed E-state index contributed by atoms with van der Waals surface area (Å²) >= 11 is 0. The lowest BCUT2D eigenvalue weighted by atomic mass is 9.99. The Morgan fingerprint density at radius 2 is 1.06 bits per heavy atom. The van der Waals surface area contributed by atoms with E-state index in [4.69, 9.17) is 0 Å². The molecule has 2 nitrogen and oxygen atoms in total. The van der Waals surface area contributed by atoms with Crippen molar-refractivity contribution in [2.24, 2.45) is 0 Å². The average Bonchev–Trinajstić information content (AvgIpc) is 3.47. The van der Waals surface area contributed by atoms with Gasteiger partial charge < -0.3 is 9.47 Å². The Balaban J connectivity index is 1.27. The van der Waals surface area contributed by atoms with Gasteiger partial charge in [-0.05, 0) is 70.4 Å². The maximum atomic E-state index is 2.46. The molecule has 0 aliphatic rings. The van der Waals surface area contributed by atoms with Crippen molar-refractivity contribution in [2.75, 3.05) is 4.90 Å². The van der Waals surface area contributed by atoms with Crippen LogP contribution in [0, 0.1) is 0 Å². The van der Waals surface area contributed by atoms with E-state index in [1.54, 1.807) is 0 Å². The van der Waals surface area contributed by atoms with Gasteiger partial charge in [-0.15, -0.1) is 0 Å². The van der Waals surface area contributed by atoms with Crippen LogP contribution in [0.4, 0.5) is 17.1 Å². The number of hydrogen-bond acceptors (Lipinski definition) is 1. The highest BCUT2D eigenvalue weighted by Gasteiger charge is 2.23. The first-order valence-corrected chi connectivity index (χ1v) is 20.3. The maximum Gasteiger partial charge on any atom is 0.0775 e. The second kappa shape index (κ2) is 11.0. The Morgan fingerprint density at radius 3 is 1.83 bits per heavy atom. The van der Waals surface area contributed by atoms with Crippen molar-refractivity contribution in [1.82, 2.24) is 4.57 Å². The lowest BCUT2D eigenvalue weighted by Gasteiger charge is -2.28. The van der Waals surface area contributed by atoms with E-state index in [-0.39, 0.29) is 0 Å². The molecule has 0 radical (unpaired) electrons. The Hall–Kier alpha value is -5.64. The summed E-state index contributed by atoms with van der Waals surface area (Å²) in [5.41, 5.74) is 9.59. The van der Waals surface area contributed by atoms with Gasteiger partial charge in [0, 0.05) is 32.9 Å². The van der Waals surface area contributed by atoms with Crippen LogP contribution in [0.15, 0.2) is 164 Å². The van der Waals surface area contributed by atoms with Crippen molar-refractivity contribution in [3.8, 4) is 16.8 Å². The third-order valence-electron chi connectivity index (χ3n) is 9.91. The summed E-state index contributed by atoms with van der Waals surface area (Å²) in [6, 6.07) is 60.3. The summed E-state index contributed by atoms with van der Waals surface area (Å²) in [6.07, 6.45) is 0. The average molecular weight is 633 g/mol. The lowest BCUT2D eigenvalue weighted by molar-refractivity contribution is 1.18. The summed E-state index contributed by atoms with van der Waals surface area (Å²) in [5.74, 6) is 0. The molecule has 0 fully saturated rings. The van der Waals surface area contributed by atoms with Crippen molar-refractivity contribution in [3.05, 3.63) is 164 Å². The van der Waals surface area contributed by atoms with Gasteiger partial charge in [0.25, 0.3) is 0 Å². The fourth-order valence-electron chi connectivity index (χ4n) is 7.50. The van der Waals surface area contributed by atoms with E-state index in [0.717, 1.165) is 5.69 Å². The molecule has 3 heteroatoms. The van der Waals surface area contributed by atoms with Crippen LogP contribution in [0.1, 0.15) is 0 Å². The summed E-state index contributed by atoms with van der Waals surface area (Å²) in [5, 5.41) is 9.05. The van der Waals surface area contributed by atoms with E-state index < -0.39 is 8.07 Å². The van der Waals surface area contributed by atoms with Crippen molar-refractivity contribution in [1.29, 1.82) is 0 Å². The van der Waals surface area contributed by atoms with Crippen molar-refractivity contribution < 1.29 is 0 Å². The van der Waals surface area contributed by atoms with Gasteiger partial charge in [-0.1, -0.05) is 140 Å². The lowest BCUT2D eigenvalue weighted by Crippen LogP contribution is -2.37. The van der Waals surface area contributed by atoms with Gasteiger partial charge in [0.2, 0.25) is 0 Å². The summed E-state index contributed by atoms with van der Waals surface area (Å²) in [7, 11) is -1.35. The van der Waals surface area contributed by atoms with E-state index in [0.29, 0.717) is 0 Å². The minimum atomic E-state index is -1.35. The van der Waals surface area contributed by atoms with Gasteiger partial charge >= 0.3 is 0 Å². The second-order valence-corrected chi connectivity index (χ2v) is 18.9. The number of nitrogens with zero attached hydrogens (tertiary/aromatic N) is 2. The molecule has 230 valence electrons. The molecule has 9 rings (SSSR count). The number of aromatic nitrogens is 1. The summed E-state index contributed by atoms with van der Waals surface area (Å²) in [6.45, 7) is 7.20. The van der Waals surface area contributed by atoms with Crippen molar-refractivity contribution >= 4 is 73.7 Å². The molecule has 48 heavy (non-hydrogen) atoms. The number of anilines is 3. The van der Waals surface area contributed by atoms with Crippen LogP contribution in [0.5, 0.6) is 0 Å². The van der Waals surface area contributed by atoms with Crippen LogP contribution >= 0.6 is 0 Å². The van der Waals surface area contributed by atoms with E-state index in [2.05, 4.69) is 193 Å². The maximum absolute atomic E-state index is 2.46. The fraction of sp³-hybridized carbons (Fsp3) is 0.0667. The second-order valence-electron chi connectivity index (χ2n) is 13.8. The summed E-state index contributed by atoms with van der Waals surface area (Å²) in [4.78, 5) is 2.46. The van der Waals surface area contributed by atoms with Crippen LogP contribution in [-0.4, -0.2) is 12.6 Å². The zero-order valence-electron chi connectivity index (χ0n) is 27.5. The fourth-order valence-corrected chi connectivity index (χ4v) is 8.67. The van der Waals surface area contributed by atoms with Gasteiger partial charge in [0.05, 0.1) is 30.5 Å². The van der Waals surface area contributed by atoms with Crippen LogP contribution < -0.4 is 10.1 Å². The minimum Gasteiger partial charge on any atom is -0.309 e. The Labute approximate surface area is 282 Å². The highest BCUT2D eigenvalue weighted by Crippen LogP contribution is 2.47. The molecule has 0 aliphatic heterocycles. The first-order valence-electron chi connectivity index (χ1n) is 16.8. The van der Waals surface area contributed by atoms with Crippen molar-refractivity contribution in [2.45, 2.75) is 19.6 Å². The van der Waals surface area contributed by atoms with Gasteiger partial charge in [-0.2, -0.15) is 0 Å². The van der Waals surface area contributed by atoms with Gasteiger partial charge in [-0.25, -0.2) is 0 Å². The minimum absolute atomic E-state index is 1.13. The topological polar surface area (TPSA) is 8.17 Å². The standard InChI is InChI=1S/C45H36N2Si/c1-48(2,3)37-26-21-32(22-27-37)31-19-24-36(25-20-31)46(40-17-9-12-33-11-7-8-16-38(33)40)41-29-30-43-45-39(41)28-23-34-13-10-18-42(44(34)45)47(43)35-14-5-4-6-15-35/h4-30H,1-3H3.